The van der Waals surface area contributed by atoms with Gasteiger partial charge in [-0.2, -0.15) is 13.2 Å². The van der Waals surface area contributed by atoms with Crippen LogP contribution in [0.3, 0.4) is 0 Å². The summed E-state index contributed by atoms with van der Waals surface area (Å²) >= 11 is 0. The molecule has 70 heavy (non-hydrogen) atoms. The molecule has 0 fully saturated rings. The number of hydrogen-bond acceptors (Lipinski definition) is 4. The maximum atomic E-state index is 12.5. The Labute approximate surface area is 416 Å². The molecule has 0 radical (unpaired) electrons. The quantitative estimate of drug-likeness (QED) is 0.145. The van der Waals surface area contributed by atoms with Crippen molar-refractivity contribution in [1.29, 1.82) is 0 Å². The Bertz CT molecular complexity index is 2180. The van der Waals surface area contributed by atoms with Crippen molar-refractivity contribution < 1.29 is 49.7 Å². The van der Waals surface area contributed by atoms with Crippen LogP contribution in [0.1, 0.15) is 152 Å². The zero-order valence-corrected chi connectivity index (χ0v) is 45.0. The molecular weight excluding hydrogens is 906 g/mol. The molecule has 0 unspecified atom stereocenters. The van der Waals surface area contributed by atoms with E-state index in [1.807, 2.05) is 65.8 Å². The predicted octanol–water partition coefficient (Wildman–Crippen LogP) is 18.3. The Kier molecular flexibility index (Phi) is 24.1. The van der Waals surface area contributed by atoms with Gasteiger partial charge in [0.25, 0.3) is 0 Å². The molecule has 390 valence electrons. The molecule has 0 aliphatic carbocycles. The van der Waals surface area contributed by atoms with Crippen LogP contribution in [0.25, 0.3) is 0 Å². The van der Waals surface area contributed by atoms with Gasteiger partial charge in [-0.1, -0.05) is 178 Å². The van der Waals surface area contributed by atoms with Crippen LogP contribution in [0.2, 0.25) is 0 Å². The van der Waals surface area contributed by atoms with E-state index in [4.69, 9.17) is 9.47 Å². The monoisotopic (exact) mass is 987 g/mol. The molecule has 0 amide bonds. The highest BCUT2D eigenvalue weighted by atomic mass is 19.4. The van der Waals surface area contributed by atoms with Crippen molar-refractivity contribution in [3.05, 3.63) is 155 Å². The zero-order chi connectivity index (χ0) is 53.9. The Morgan fingerprint density at radius 3 is 0.914 bits per heavy atom. The van der Waals surface area contributed by atoms with Crippen molar-refractivity contribution in [2.45, 2.75) is 164 Å². The van der Waals surface area contributed by atoms with E-state index >= 15 is 0 Å². The first-order chi connectivity index (χ1) is 31.8. The van der Waals surface area contributed by atoms with Gasteiger partial charge >= 0.3 is 12.5 Å². The lowest BCUT2D eigenvalue weighted by molar-refractivity contribution is -0.274. The van der Waals surface area contributed by atoms with Crippen molar-refractivity contribution in [3.8, 4) is 23.0 Å². The summed E-state index contributed by atoms with van der Waals surface area (Å²) in [6.45, 7) is 35.7. The number of halogens is 7. The van der Waals surface area contributed by atoms with E-state index in [0.717, 1.165) is 35.7 Å². The highest BCUT2D eigenvalue weighted by Crippen LogP contribution is 2.29. The Hall–Kier alpha value is -5.19. The van der Waals surface area contributed by atoms with Crippen LogP contribution in [-0.4, -0.2) is 32.9 Å². The smallest absolute Gasteiger partial charge is 0.497 e. The zero-order valence-electron chi connectivity index (χ0n) is 45.0. The number of methoxy groups -OCH3 is 1. The lowest BCUT2D eigenvalue weighted by Gasteiger charge is -2.19. The third-order valence-electron chi connectivity index (χ3n) is 10.4. The molecule has 0 heterocycles. The van der Waals surface area contributed by atoms with Crippen molar-refractivity contribution in [3.63, 3.8) is 0 Å². The van der Waals surface area contributed by atoms with Gasteiger partial charge in [-0.15, -0.1) is 13.2 Å². The van der Waals surface area contributed by atoms with Crippen LogP contribution >= 0.6 is 0 Å². The third kappa shape index (κ3) is 27.3. The van der Waals surface area contributed by atoms with E-state index < -0.39 is 19.1 Å². The molecule has 4 nitrogen and oxygen atoms in total. The van der Waals surface area contributed by atoms with Gasteiger partial charge in [0.1, 0.15) is 28.8 Å². The molecule has 5 aromatic rings. The average Bonchev–Trinajstić information content (AvgIpc) is 3.22. The predicted molar refractivity (Wildman–Crippen MR) is 275 cm³/mol. The van der Waals surface area contributed by atoms with Gasteiger partial charge < -0.3 is 18.9 Å². The van der Waals surface area contributed by atoms with Gasteiger partial charge in [-0.05, 0) is 128 Å². The van der Waals surface area contributed by atoms with E-state index in [0.29, 0.717) is 5.92 Å². The average molecular weight is 987 g/mol. The van der Waals surface area contributed by atoms with Crippen LogP contribution in [0.4, 0.5) is 30.7 Å². The SMILES string of the molecule is CC(C)(C)c1ccc(F)cc1.CC(C)(C)c1ccc(OC(F)(F)F)cc1.CC(C)(C)c1ccc(OCC(F)(F)F)cc1.CC(C)CCOc1ccc(C(C)(C)C)cc1.COc1ccc(C(C)(C)C)cc1. The van der Waals surface area contributed by atoms with Crippen molar-refractivity contribution in [1.82, 2.24) is 0 Å². The Morgan fingerprint density at radius 2 is 0.657 bits per heavy atom. The van der Waals surface area contributed by atoms with Crippen LogP contribution in [0.5, 0.6) is 23.0 Å². The van der Waals surface area contributed by atoms with Crippen molar-refractivity contribution in [2.24, 2.45) is 5.92 Å². The molecular formula is C59H81F7O4. The normalized spacial score (nSPS) is 12.1. The highest BCUT2D eigenvalue weighted by Gasteiger charge is 2.31. The molecule has 5 rings (SSSR count). The molecule has 0 spiro atoms. The van der Waals surface area contributed by atoms with E-state index in [2.05, 4.69) is 122 Å². The molecule has 5 aromatic carbocycles. The van der Waals surface area contributed by atoms with Crippen molar-refractivity contribution >= 4 is 0 Å². The lowest BCUT2D eigenvalue weighted by Crippen LogP contribution is -2.19. The second-order valence-electron chi connectivity index (χ2n) is 22.5. The van der Waals surface area contributed by atoms with Gasteiger partial charge in [0, 0.05) is 0 Å². The number of benzene rings is 5. The number of alkyl halides is 6. The van der Waals surface area contributed by atoms with E-state index in [1.165, 1.54) is 41.0 Å². The molecule has 0 aliphatic rings. The van der Waals surface area contributed by atoms with Crippen LogP contribution in [0.15, 0.2) is 121 Å². The summed E-state index contributed by atoms with van der Waals surface area (Å²) in [5.74, 6) is 2.49. The molecule has 0 aromatic heterocycles. The second kappa shape index (κ2) is 26.9. The van der Waals surface area contributed by atoms with Gasteiger partial charge in [0.15, 0.2) is 6.61 Å². The minimum absolute atomic E-state index is 0.0114. The molecule has 0 N–H and O–H groups in total. The van der Waals surface area contributed by atoms with Crippen molar-refractivity contribution in [2.75, 3.05) is 20.3 Å². The minimum Gasteiger partial charge on any atom is -0.497 e. The third-order valence-corrected chi connectivity index (χ3v) is 10.4. The van der Waals surface area contributed by atoms with Crippen LogP contribution in [-0.2, 0) is 27.1 Å². The second-order valence-corrected chi connectivity index (χ2v) is 22.5. The number of rotatable bonds is 8. The maximum Gasteiger partial charge on any atom is 0.573 e. The van der Waals surface area contributed by atoms with Gasteiger partial charge in [0.2, 0.25) is 0 Å². The van der Waals surface area contributed by atoms with Gasteiger partial charge in [-0.25, -0.2) is 4.39 Å². The summed E-state index contributed by atoms with van der Waals surface area (Å²) < 4.78 is 103. The molecule has 0 atom stereocenters. The van der Waals surface area contributed by atoms with Crippen LogP contribution in [0, 0.1) is 11.7 Å². The van der Waals surface area contributed by atoms with Gasteiger partial charge in [-0.3, -0.25) is 0 Å². The van der Waals surface area contributed by atoms with E-state index in [1.54, 1.807) is 43.5 Å². The first-order valence-corrected chi connectivity index (χ1v) is 23.6. The summed E-state index contributed by atoms with van der Waals surface area (Å²) in [6, 6.07) is 36.0. The number of hydrogen-bond donors (Lipinski definition) is 0. The summed E-state index contributed by atoms with van der Waals surface area (Å²) in [5, 5.41) is 0. The molecule has 0 aliphatic heterocycles. The Morgan fingerprint density at radius 1 is 0.386 bits per heavy atom. The number of ether oxygens (including phenoxy) is 4. The molecule has 0 saturated heterocycles. The lowest BCUT2D eigenvalue weighted by atomic mass is 9.87. The molecule has 11 heteroatoms. The molecule has 0 saturated carbocycles. The van der Waals surface area contributed by atoms with Crippen LogP contribution < -0.4 is 18.9 Å². The van der Waals surface area contributed by atoms with E-state index in [9.17, 15) is 30.7 Å². The highest BCUT2D eigenvalue weighted by molar-refractivity contribution is 5.34. The minimum atomic E-state index is -4.62. The Balaban J connectivity index is 0.000000441. The first-order valence-electron chi connectivity index (χ1n) is 23.6. The summed E-state index contributed by atoms with van der Waals surface area (Å²) in [7, 11) is 1.69. The maximum absolute atomic E-state index is 12.5. The first kappa shape index (κ1) is 62.8. The fourth-order valence-electron chi connectivity index (χ4n) is 5.88. The summed E-state index contributed by atoms with van der Waals surface area (Å²) in [6.07, 6.45) is -7.80. The molecule has 0 bridgehead atoms. The largest absolute Gasteiger partial charge is 0.573 e. The van der Waals surface area contributed by atoms with Gasteiger partial charge in [0.05, 0.1) is 13.7 Å². The fraction of sp³-hybridized carbons (Fsp3) is 0.492. The topological polar surface area (TPSA) is 36.9 Å². The summed E-state index contributed by atoms with van der Waals surface area (Å²) in [5.41, 5.74) is 6.37. The fourth-order valence-corrected chi connectivity index (χ4v) is 5.88. The van der Waals surface area contributed by atoms with E-state index in [-0.39, 0.29) is 44.4 Å². The summed E-state index contributed by atoms with van der Waals surface area (Å²) in [4.78, 5) is 0. The standard InChI is InChI=1S/C15H24O.C12H15F3O.C11H13F3O.C11H16O.C10H13F/c1-12(2)10-11-16-14-8-6-13(7-9-14)15(3,4)5;1-11(2,3)9-4-6-10(7-5-9)16-8-12(13,14)15;1-10(2,3)8-4-6-9(7-5-8)15-11(12,13)14;1-11(2,3)9-5-7-10(12-4)8-6-9;1-10(2,3)8-4-6-9(11)7-5-8/h6-9,12H,10-11H2,1-5H3;4-7H,8H2,1-3H3;4-7H,1-3H3;5-8H,1-4H3;4-7H,1-3H3.